The van der Waals surface area contributed by atoms with Crippen LogP contribution in [0.5, 0.6) is 0 Å². The Bertz CT molecular complexity index is 1540. The van der Waals surface area contributed by atoms with Crippen molar-refractivity contribution < 1.29 is 18.7 Å². The molecular formula is C33H29FN2O3. The van der Waals surface area contributed by atoms with Crippen LogP contribution in [0.1, 0.15) is 59.5 Å². The van der Waals surface area contributed by atoms with Gasteiger partial charge in [0.1, 0.15) is 12.4 Å². The summed E-state index contributed by atoms with van der Waals surface area (Å²) in [6.45, 7) is 0.279. The highest BCUT2D eigenvalue weighted by Gasteiger charge is 2.44. The van der Waals surface area contributed by atoms with Crippen LogP contribution in [0, 0.1) is 11.7 Å². The molecule has 1 aliphatic carbocycles. The number of ether oxygens (including phenoxy) is 1. The van der Waals surface area contributed by atoms with Gasteiger partial charge >= 0.3 is 6.09 Å². The van der Waals surface area contributed by atoms with Crippen molar-refractivity contribution in [3.05, 3.63) is 102 Å². The highest BCUT2D eigenvalue weighted by Crippen LogP contribution is 2.45. The Labute approximate surface area is 226 Å². The lowest BCUT2D eigenvalue weighted by atomic mass is 9.75. The highest BCUT2D eigenvalue weighted by molar-refractivity contribution is 6.01. The minimum Gasteiger partial charge on any atom is -0.448 e. The van der Waals surface area contributed by atoms with Crippen LogP contribution >= 0.6 is 0 Å². The molecule has 4 aromatic rings. The molecule has 6 heteroatoms. The van der Waals surface area contributed by atoms with Gasteiger partial charge in [-0.05, 0) is 66.5 Å². The fourth-order valence-electron chi connectivity index (χ4n) is 7.07. The maximum absolute atomic E-state index is 14.9. The van der Waals surface area contributed by atoms with Crippen LogP contribution in [-0.4, -0.2) is 40.5 Å². The van der Waals surface area contributed by atoms with Crippen molar-refractivity contribution in [3.8, 4) is 11.1 Å². The average molecular weight is 521 g/mol. The van der Waals surface area contributed by atoms with Crippen molar-refractivity contribution in [2.45, 2.75) is 50.1 Å². The number of rotatable bonds is 4. The van der Waals surface area contributed by atoms with Crippen LogP contribution < -0.4 is 0 Å². The number of benzene rings is 3. The molecule has 196 valence electrons. The summed E-state index contributed by atoms with van der Waals surface area (Å²) in [6.07, 6.45) is 5.04. The predicted octanol–water partition coefficient (Wildman–Crippen LogP) is 7.14. The Balaban J connectivity index is 1.08. The summed E-state index contributed by atoms with van der Waals surface area (Å²) in [5, 5.41) is 0.749. The van der Waals surface area contributed by atoms with E-state index >= 15 is 0 Å². The van der Waals surface area contributed by atoms with E-state index in [1.807, 2.05) is 35.2 Å². The Morgan fingerprint density at radius 1 is 0.897 bits per heavy atom. The van der Waals surface area contributed by atoms with Crippen molar-refractivity contribution in [1.82, 2.24) is 9.88 Å². The van der Waals surface area contributed by atoms with Crippen molar-refractivity contribution in [2.75, 3.05) is 6.61 Å². The largest absolute Gasteiger partial charge is 0.448 e. The van der Waals surface area contributed by atoms with Crippen LogP contribution in [0.2, 0.25) is 0 Å². The third kappa shape index (κ3) is 4.10. The molecule has 1 amide bonds. The molecule has 2 saturated heterocycles. The molecule has 0 radical (unpaired) electrons. The van der Waals surface area contributed by atoms with E-state index in [2.05, 4.69) is 29.2 Å². The Kier molecular flexibility index (Phi) is 5.91. The summed E-state index contributed by atoms with van der Waals surface area (Å²) >= 11 is 0. The van der Waals surface area contributed by atoms with E-state index in [0.717, 1.165) is 24.6 Å². The quantitative estimate of drug-likeness (QED) is 0.268. The molecule has 1 aromatic heterocycles. The molecule has 3 heterocycles. The molecule has 0 saturated carbocycles. The summed E-state index contributed by atoms with van der Waals surface area (Å²) < 4.78 is 20.9. The van der Waals surface area contributed by atoms with Gasteiger partial charge in [-0.25, -0.2) is 9.18 Å². The monoisotopic (exact) mass is 520 g/mol. The molecule has 3 aliphatic rings. The smallest absolute Gasteiger partial charge is 0.410 e. The molecule has 39 heavy (non-hydrogen) atoms. The first-order chi connectivity index (χ1) is 19.1. The number of carbonyl (C=O) groups is 2. The van der Waals surface area contributed by atoms with E-state index in [9.17, 15) is 14.0 Å². The Hall–Kier alpha value is -4.06. The number of aromatic nitrogens is 1. The fraction of sp³-hybridized carbons (Fsp3) is 0.303. The molecule has 2 atom stereocenters. The molecule has 0 spiro atoms. The van der Waals surface area contributed by atoms with Crippen LogP contribution in [0.15, 0.2) is 79.0 Å². The lowest BCUT2D eigenvalue weighted by Gasteiger charge is -2.47. The second-order valence-electron chi connectivity index (χ2n) is 11.0. The Morgan fingerprint density at radius 3 is 2.26 bits per heavy atom. The molecule has 2 unspecified atom stereocenters. The van der Waals surface area contributed by atoms with Gasteiger partial charge in [-0.1, -0.05) is 54.6 Å². The molecule has 3 aromatic carbocycles. The zero-order valence-corrected chi connectivity index (χ0v) is 21.6. The second-order valence-corrected chi connectivity index (χ2v) is 11.0. The fourth-order valence-corrected chi connectivity index (χ4v) is 7.07. The molecular weight excluding hydrogens is 491 g/mol. The van der Waals surface area contributed by atoms with Gasteiger partial charge < -0.3 is 9.64 Å². The number of halogens is 1. The predicted molar refractivity (Wildman–Crippen MR) is 147 cm³/mol. The lowest BCUT2D eigenvalue weighted by Crippen LogP contribution is -2.56. The molecule has 2 fully saturated rings. The first-order valence-electron chi connectivity index (χ1n) is 13.8. The Morgan fingerprint density at radius 2 is 1.56 bits per heavy atom. The molecule has 2 bridgehead atoms. The van der Waals surface area contributed by atoms with Gasteiger partial charge in [0, 0.05) is 41.6 Å². The number of amides is 1. The third-order valence-electron chi connectivity index (χ3n) is 8.85. The summed E-state index contributed by atoms with van der Waals surface area (Å²) in [4.78, 5) is 33.1. The van der Waals surface area contributed by atoms with Gasteiger partial charge in [0.05, 0.1) is 11.1 Å². The minimum atomic E-state index is -0.532. The van der Waals surface area contributed by atoms with Gasteiger partial charge in [-0.2, -0.15) is 0 Å². The molecule has 7 rings (SSSR count). The number of fused-ring (bicyclic) bond motifs is 6. The second kappa shape index (κ2) is 9.60. The van der Waals surface area contributed by atoms with Crippen molar-refractivity contribution in [3.63, 3.8) is 0 Å². The van der Waals surface area contributed by atoms with Gasteiger partial charge in [0.2, 0.25) is 0 Å². The summed E-state index contributed by atoms with van der Waals surface area (Å²) in [7, 11) is 0. The van der Waals surface area contributed by atoms with Gasteiger partial charge in [-0.15, -0.1) is 0 Å². The maximum Gasteiger partial charge on any atom is 0.410 e. The van der Waals surface area contributed by atoms with Crippen LogP contribution in [0.3, 0.4) is 0 Å². The minimum absolute atomic E-state index is 0.00526. The number of piperidine rings is 2. The van der Waals surface area contributed by atoms with Crippen molar-refractivity contribution in [2.24, 2.45) is 5.92 Å². The molecule has 2 aliphatic heterocycles. The lowest BCUT2D eigenvalue weighted by molar-refractivity contribution is 0.00642. The van der Waals surface area contributed by atoms with E-state index in [0.29, 0.717) is 18.4 Å². The average Bonchev–Trinajstić information content (AvgIpc) is 3.28. The van der Waals surface area contributed by atoms with Crippen LogP contribution in [-0.2, 0) is 4.74 Å². The first kappa shape index (κ1) is 24.0. The highest BCUT2D eigenvalue weighted by atomic mass is 19.1. The number of hydrogen-bond acceptors (Lipinski definition) is 4. The number of carbonyl (C=O) groups excluding carboxylic acids is 2. The standard InChI is InChI=1S/C33H29FN2O3/c34-30-18-31-20(7-6-14-35-31)17-28(30)32(37)21-15-22-8-5-9-23(16-21)36(22)33(38)39-19-29-26-12-3-1-10-24(26)25-11-2-4-13-27(25)29/h1-4,6-7,10-14,17-18,21-23,29H,5,8-9,15-16,19H2. The zero-order chi connectivity index (χ0) is 26.5. The van der Waals surface area contributed by atoms with Crippen molar-refractivity contribution in [1.29, 1.82) is 0 Å². The van der Waals surface area contributed by atoms with Gasteiger partial charge in [-0.3, -0.25) is 9.78 Å². The van der Waals surface area contributed by atoms with E-state index in [1.165, 1.54) is 28.3 Å². The number of Topliss-reactive ketones (excluding diaryl/α,β-unsaturated/α-hetero) is 1. The van der Waals surface area contributed by atoms with Crippen LogP contribution in [0.4, 0.5) is 9.18 Å². The van der Waals surface area contributed by atoms with E-state index in [-0.39, 0.29) is 48.0 Å². The third-order valence-corrected chi connectivity index (χ3v) is 8.85. The first-order valence-corrected chi connectivity index (χ1v) is 13.8. The van der Waals surface area contributed by atoms with Crippen molar-refractivity contribution >= 4 is 22.8 Å². The van der Waals surface area contributed by atoms with E-state index in [4.69, 9.17) is 4.74 Å². The number of ketones is 1. The van der Waals surface area contributed by atoms with E-state index < -0.39 is 5.82 Å². The van der Waals surface area contributed by atoms with Gasteiger partial charge in [0.25, 0.3) is 0 Å². The maximum atomic E-state index is 14.9. The summed E-state index contributed by atoms with van der Waals surface area (Å²) in [5.74, 6) is -1.02. The van der Waals surface area contributed by atoms with E-state index in [1.54, 1.807) is 18.3 Å². The molecule has 5 nitrogen and oxygen atoms in total. The topological polar surface area (TPSA) is 59.5 Å². The van der Waals surface area contributed by atoms with Gasteiger partial charge in [0.15, 0.2) is 5.78 Å². The normalized spacial score (nSPS) is 21.9. The number of hydrogen-bond donors (Lipinski definition) is 0. The SMILES string of the molecule is O=C(c1cc2cccnc2cc1F)C1CC2CCCC(C1)N2C(=O)OCC1c2ccccc2-c2ccccc21. The zero-order valence-electron chi connectivity index (χ0n) is 21.6. The summed E-state index contributed by atoms with van der Waals surface area (Å²) in [5.41, 5.74) is 5.41. The number of pyridine rings is 1. The number of nitrogens with zero attached hydrogens (tertiary/aromatic N) is 2. The summed E-state index contributed by atoms with van der Waals surface area (Å²) in [6, 6.07) is 23.0. The van der Waals surface area contributed by atoms with Crippen LogP contribution in [0.25, 0.3) is 22.0 Å². The molecule has 0 N–H and O–H groups in total.